The van der Waals surface area contributed by atoms with Gasteiger partial charge in [0.1, 0.15) is 0 Å². The Balaban J connectivity index is 1.65. The number of anilines is 1. The molecule has 0 amide bonds. The van der Waals surface area contributed by atoms with E-state index in [0.29, 0.717) is 6.04 Å². The molecule has 2 nitrogen and oxygen atoms in total. The highest BCUT2D eigenvalue weighted by molar-refractivity contribution is 5.44. The summed E-state index contributed by atoms with van der Waals surface area (Å²) in [5.41, 5.74) is 2.32. The van der Waals surface area contributed by atoms with Crippen LogP contribution < -0.4 is 5.32 Å². The van der Waals surface area contributed by atoms with Crippen molar-refractivity contribution in [3.05, 3.63) is 24.0 Å². The molecule has 2 aliphatic carbocycles. The highest BCUT2D eigenvalue weighted by atomic mass is 14.9. The van der Waals surface area contributed by atoms with E-state index in [2.05, 4.69) is 29.4 Å². The first-order chi connectivity index (χ1) is 8.22. The van der Waals surface area contributed by atoms with Gasteiger partial charge in [0.2, 0.25) is 0 Å². The summed E-state index contributed by atoms with van der Waals surface area (Å²) < 4.78 is 0. The Morgan fingerprint density at radius 3 is 2.88 bits per heavy atom. The minimum atomic E-state index is 0.604. The molecule has 2 heteroatoms. The van der Waals surface area contributed by atoms with Crippen LogP contribution in [0.3, 0.4) is 0 Å². The van der Waals surface area contributed by atoms with Crippen molar-refractivity contribution in [1.82, 2.24) is 4.98 Å². The number of hydrogen-bond acceptors (Lipinski definition) is 2. The van der Waals surface area contributed by atoms with Crippen LogP contribution in [0.15, 0.2) is 18.3 Å². The lowest BCUT2D eigenvalue weighted by atomic mass is 9.84. The van der Waals surface area contributed by atoms with E-state index in [1.165, 1.54) is 31.4 Å². The van der Waals surface area contributed by atoms with Gasteiger partial charge in [0, 0.05) is 23.6 Å². The van der Waals surface area contributed by atoms with Gasteiger partial charge >= 0.3 is 0 Å². The van der Waals surface area contributed by atoms with E-state index in [9.17, 15) is 0 Å². The Kier molecular flexibility index (Phi) is 2.81. The lowest BCUT2D eigenvalue weighted by Gasteiger charge is -2.29. The molecule has 0 aliphatic heterocycles. The molecule has 2 saturated carbocycles. The van der Waals surface area contributed by atoms with E-state index < -0.39 is 0 Å². The van der Waals surface area contributed by atoms with E-state index in [0.717, 1.165) is 23.4 Å². The van der Waals surface area contributed by atoms with Crippen molar-refractivity contribution in [2.75, 3.05) is 5.32 Å². The molecule has 1 aromatic rings. The number of fused-ring (bicyclic) bond motifs is 2. The fraction of sp³-hybridized carbons (Fsp3) is 0.667. The van der Waals surface area contributed by atoms with Gasteiger partial charge in [-0.25, -0.2) is 0 Å². The smallest absolute Gasteiger partial charge is 0.0393 e. The molecule has 0 saturated heterocycles. The molecule has 17 heavy (non-hydrogen) atoms. The molecule has 4 unspecified atom stereocenters. The maximum absolute atomic E-state index is 4.24. The van der Waals surface area contributed by atoms with E-state index in [4.69, 9.17) is 0 Å². The second-order valence-corrected chi connectivity index (χ2v) is 5.96. The molecule has 4 atom stereocenters. The molecule has 0 aromatic carbocycles. The zero-order chi connectivity index (χ0) is 11.8. The van der Waals surface area contributed by atoms with Gasteiger partial charge in [-0.3, -0.25) is 4.98 Å². The topological polar surface area (TPSA) is 24.9 Å². The minimum Gasteiger partial charge on any atom is -0.382 e. The third-order valence-electron chi connectivity index (χ3n) is 4.73. The summed E-state index contributed by atoms with van der Waals surface area (Å²) in [6.07, 6.45) is 7.79. The van der Waals surface area contributed by atoms with Crippen molar-refractivity contribution in [2.24, 2.45) is 17.8 Å². The quantitative estimate of drug-likeness (QED) is 0.857. The van der Waals surface area contributed by atoms with Crippen molar-refractivity contribution in [3.8, 4) is 0 Å². The van der Waals surface area contributed by atoms with Crippen LogP contribution in [0.5, 0.6) is 0 Å². The van der Waals surface area contributed by atoms with Crippen LogP contribution in [-0.2, 0) is 0 Å². The standard InChI is InChI=1S/C15H22N2/c1-10-7-14(5-6-16-10)17-11(2)15-9-12-3-4-13(15)8-12/h5-7,11-13,15H,3-4,8-9H2,1-2H3,(H,16,17). The highest BCUT2D eigenvalue weighted by Gasteiger charge is 2.41. The number of hydrogen-bond donors (Lipinski definition) is 1. The van der Waals surface area contributed by atoms with Crippen LogP contribution in [0.1, 0.15) is 38.3 Å². The van der Waals surface area contributed by atoms with Gasteiger partial charge in [0.25, 0.3) is 0 Å². The Morgan fingerprint density at radius 2 is 2.24 bits per heavy atom. The van der Waals surface area contributed by atoms with Gasteiger partial charge in [0.05, 0.1) is 0 Å². The van der Waals surface area contributed by atoms with Crippen LogP contribution in [0.2, 0.25) is 0 Å². The molecule has 1 N–H and O–H groups in total. The largest absolute Gasteiger partial charge is 0.382 e. The zero-order valence-electron chi connectivity index (χ0n) is 10.8. The number of rotatable bonds is 3. The number of nitrogens with one attached hydrogen (secondary N) is 1. The first-order valence-corrected chi connectivity index (χ1v) is 6.91. The van der Waals surface area contributed by atoms with Gasteiger partial charge in [0.15, 0.2) is 0 Å². The monoisotopic (exact) mass is 230 g/mol. The fourth-order valence-corrected chi connectivity index (χ4v) is 3.91. The van der Waals surface area contributed by atoms with Crippen molar-refractivity contribution in [3.63, 3.8) is 0 Å². The molecule has 0 spiro atoms. The van der Waals surface area contributed by atoms with Crippen LogP contribution in [0.25, 0.3) is 0 Å². The fourth-order valence-electron chi connectivity index (χ4n) is 3.91. The molecular formula is C15H22N2. The minimum absolute atomic E-state index is 0.604. The summed E-state index contributed by atoms with van der Waals surface area (Å²) in [5, 5.41) is 3.67. The Morgan fingerprint density at radius 1 is 1.35 bits per heavy atom. The normalized spacial score (nSPS) is 32.7. The molecule has 1 heterocycles. The molecule has 1 aromatic heterocycles. The van der Waals surface area contributed by atoms with E-state index in [1.807, 2.05) is 13.1 Å². The first-order valence-electron chi connectivity index (χ1n) is 6.91. The van der Waals surface area contributed by atoms with Crippen molar-refractivity contribution < 1.29 is 0 Å². The second kappa shape index (κ2) is 4.32. The Hall–Kier alpha value is -1.05. The Labute approximate surface area is 104 Å². The SMILES string of the molecule is Cc1cc(NC(C)C2CC3CCC2C3)ccn1. The number of aryl methyl sites for hydroxylation is 1. The maximum Gasteiger partial charge on any atom is 0.0393 e. The summed E-state index contributed by atoms with van der Waals surface area (Å²) in [4.78, 5) is 4.24. The predicted molar refractivity (Wildman–Crippen MR) is 71.0 cm³/mol. The molecule has 3 rings (SSSR count). The van der Waals surface area contributed by atoms with E-state index in [-0.39, 0.29) is 0 Å². The van der Waals surface area contributed by atoms with E-state index in [1.54, 1.807) is 0 Å². The summed E-state index contributed by atoms with van der Waals surface area (Å²) in [7, 11) is 0. The maximum atomic E-state index is 4.24. The van der Waals surface area contributed by atoms with Gasteiger partial charge < -0.3 is 5.32 Å². The molecule has 2 bridgehead atoms. The summed E-state index contributed by atoms with van der Waals surface area (Å²) in [6, 6.07) is 4.83. The summed E-state index contributed by atoms with van der Waals surface area (Å²) in [6.45, 7) is 4.40. The number of aromatic nitrogens is 1. The summed E-state index contributed by atoms with van der Waals surface area (Å²) in [5.74, 6) is 2.92. The summed E-state index contributed by atoms with van der Waals surface area (Å²) >= 11 is 0. The van der Waals surface area contributed by atoms with Gasteiger partial charge in [-0.1, -0.05) is 6.42 Å². The molecule has 0 radical (unpaired) electrons. The average Bonchev–Trinajstić information content (AvgIpc) is 2.90. The zero-order valence-corrected chi connectivity index (χ0v) is 10.8. The van der Waals surface area contributed by atoms with Crippen molar-refractivity contribution in [2.45, 2.75) is 45.6 Å². The molecule has 2 fully saturated rings. The van der Waals surface area contributed by atoms with Crippen LogP contribution in [0, 0.1) is 24.7 Å². The lowest BCUT2D eigenvalue weighted by molar-refractivity contribution is 0.304. The lowest BCUT2D eigenvalue weighted by Crippen LogP contribution is -2.29. The molecular weight excluding hydrogens is 208 g/mol. The molecule has 2 aliphatic rings. The van der Waals surface area contributed by atoms with Crippen LogP contribution in [0.4, 0.5) is 5.69 Å². The molecule has 92 valence electrons. The van der Waals surface area contributed by atoms with Crippen molar-refractivity contribution >= 4 is 5.69 Å². The number of pyridine rings is 1. The van der Waals surface area contributed by atoms with E-state index >= 15 is 0 Å². The third-order valence-corrected chi connectivity index (χ3v) is 4.73. The Bertz CT molecular complexity index is 402. The van der Waals surface area contributed by atoms with Gasteiger partial charge in [-0.05, 0) is 63.0 Å². The highest BCUT2D eigenvalue weighted by Crippen LogP contribution is 2.49. The van der Waals surface area contributed by atoms with Gasteiger partial charge in [-0.2, -0.15) is 0 Å². The number of nitrogens with zero attached hydrogens (tertiary/aromatic N) is 1. The van der Waals surface area contributed by atoms with Crippen LogP contribution in [-0.4, -0.2) is 11.0 Å². The average molecular weight is 230 g/mol. The third kappa shape index (κ3) is 2.18. The van der Waals surface area contributed by atoms with Crippen molar-refractivity contribution in [1.29, 1.82) is 0 Å². The predicted octanol–water partition coefficient (Wildman–Crippen LogP) is 3.63. The van der Waals surface area contributed by atoms with Gasteiger partial charge in [-0.15, -0.1) is 0 Å². The first kappa shape index (κ1) is 11.1. The second-order valence-electron chi connectivity index (χ2n) is 5.96. The van der Waals surface area contributed by atoms with Crippen LogP contribution >= 0.6 is 0 Å².